The highest BCUT2D eigenvalue weighted by Gasteiger charge is 2.45. The van der Waals surface area contributed by atoms with Crippen LogP contribution in [-0.2, 0) is 9.59 Å². The van der Waals surface area contributed by atoms with Crippen LogP contribution in [0.4, 0.5) is 4.39 Å². The Morgan fingerprint density at radius 3 is 2.28 bits per heavy atom. The number of carbonyl (C=O) groups excluding carboxylic acids is 2. The zero-order chi connectivity index (χ0) is 23.4. The first-order chi connectivity index (χ1) is 15.2. The number of aliphatic hydroxyl groups excluding tert-OH is 1. The van der Waals surface area contributed by atoms with Gasteiger partial charge in [-0.1, -0.05) is 12.1 Å². The van der Waals surface area contributed by atoms with Crippen LogP contribution in [0, 0.1) is 5.82 Å². The Kier molecular flexibility index (Phi) is 7.30. The van der Waals surface area contributed by atoms with E-state index in [1.54, 1.807) is 24.3 Å². The molecule has 1 aliphatic heterocycles. The molecule has 0 radical (unpaired) electrons. The minimum Gasteiger partial charge on any atom is -0.507 e. The number of amides is 1. The molecule has 1 heterocycles. The van der Waals surface area contributed by atoms with Crippen LogP contribution in [0.5, 0.6) is 5.75 Å². The second kappa shape index (κ2) is 9.96. The maximum absolute atomic E-state index is 13.4. The highest BCUT2D eigenvalue weighted by atomic mass is 19.1. The van der Waals surface area contributed by atoms with Crippen molar-refractivity contribution in [2.75, 3.05) is 27.2 Å². The molecule has 2 aromatic carbocycles. The number of halogens is 1. The molecule has 0 aromatic heterocycles. The van der Waals surface area contributed by atoms with E-state index in [-0.39, 0.29) is 23.0 Å². The lowest BCUT2D eigenvalue weighted by molar-refractivity contribution is -0.139. The third-order valence-electron chi connectivity index (χ3n) is 5.23. The van der Waals surface area contributed by atoms with Crippen molar-refractivity contribution in [1.29, 1.82) is 0 Å². The van der Waals surface area contributed by atoms with E-state index in [1.165, 1.54) is 29.2 Å². The van der Waals surface area contributed by atoms with Crippen LogP contribution in [-0.4, -0.2) is 59.9 Å². The summed E-state index contributed by atoms with van der Waals surface area (Å²) < 4.78 is 19.1. The quantitative estimate of drug-likeness (QED) is 0.382. The van der Waals surface area contributed by atoms with E-state index in [0.29, 0.717) is 24.3 Å². The van der Waals surface area contributed by atoms with Crippen LogP contribution in [0.15, 0.2) is 54.1 Å². The highest BCUT2D eigenvalue weighted by molar-refractivity contribution is 6.46. The Hall–Kier alpha value is -3.19. The molecule has 7 heteroatoms. The lowest BCUT2D eigenvalue weighted by Gasteiger charge is -2.26. The number of hydrogen-bond acceptors (Lipinski definition) is 5. The van der Waals surface area contributed by atoms with Gasteiger partial charge >= 0.3 is 0 Å². The average molecular weight is 441 g/mol. The molecule has 1 saturated heterocycles. The Morgan fingerprint density at radius 1 is 1.09 bits per heavy atom. The second-order valence-electron chi connectivity index (χ2n) is 8.39. The normalized spacial score (nSPS) is 18.1. The summed E-state index contributed by atoms with van der Waals surface area (Å²) in [6.45, 7) is 4.96. The highest BCUT2D eigenvalue weighted by Crippen LogP contribution is 2.40. The van der Waals surface area contributed by atoms with Crippen molar-refractivity contribution < 1.29 is 23.8 Å². The van der Waals surface area contributed by atoms with Gasteiger partial charge in [-0.25, -0.2) is 4.39 Å². The predicted octanol–water partition coefficient (Wildman–Crippen LogP) is 3.99. The number of Topliss-reactive ketones (excluding diaryl/α,β-unsaturated/α-hetero) is 1. The molecule has 32 heavy (non-hydrogen) atoms. The monoisotopic (exact) mass is 440 g/mol. The van der Waals surface area contributed by atoms with Gasteiger partial charge < -0.3 is 19.6 Å². The molecule has 6 nitrogen and oxygen atoms in total. The number of likely N-dealkylation sites (tertiary alicyclic amines) is 1. The summed E-state index contributed by atoms with van der Waals surface area (Å²) in [4.78, 5) is 29.4. The molecule has 0 unspecified atom stereocenters. The van der Waals surface area contributed by atoms with E-state index in [9.17, 15) is 19.1 Å². The zero-order valence-electron chi connectivity index (χ0n) is 18.8. The minimum absolute atomic E-state index is 0.00369. The van der Waals surface area contributed by atoms with Crippen LogP contribution in [0.1, 0.15) is 37.4 Å². The lowest BCUT2D eigenvalue weighted by Crippen LogP contribution is -2.32. The Balaban J connectivity index is 2.05. The third kappa shape index (κ3) is 5.16. The zero-order valence-corrected chi connectivity index (χ0v) is 18.8. The Bertz CT molecular complexity index is 998. The number of rotatable bonds is 8. The maximum Gasteiger partial charge on any atom is 0.295 e. The molecule has 1 amide bonds. The number of benzene rings is 2. The van der Waals surface area contributed by atoms with Gasteiger partial charge in [0.05, 0.1) is 17.7 Å². The van der Waals surface area contributed by atoms with Gasteiger partial charge in [0.2, 0.25) is 0 Å². The van der Waals surface area contributed by atoms with E-state index in [4.69, 9.17) is 4.74 Å². The fourth-order valence-corrected chi connectivity index (χ4v) is 3.78. The molecule has 3 rings (SSSR count). The van der Waals surface area contributed by atoms with E-state index in [2.05, 4.69) is 0 Å². The summed E-state index contributed by atoms with van der Waals surface area (Å²) >= 11 is 0. The van der Waals surface area contributed by atoms with Gasteiger partial charge in [0.1, 0.15) is 17.3 Å². The molecule has 1 aliphatic rings. The standard InChI is InChI=1S/C25H29FN2O4/c1-16(2)32-20-12-8-17(9-13-20)22-21(23(29)18-6-10-19(26)11-7-18)24(30)25(31)28(22)15-5-14-27(3)4/h6-13,16,22,29H,5,14-15H2,1-4H3/b23-21+/t22-/m1/s1. The fourth-order valence-electron chi connectivity index (χ4n) is 3.78. The van der Waals surface area contributed by atoms with Crippen molar-refractivity contribution >= 4 is 17.4 Å². The van der Waals surface area contributed by atoms with Crippen molar-refractivity contribution in [2.45, 2.75) is 32.4 Å². The summed E-state index contributed by atoms with van der Waals surface area (Å²) in [6.07, 6.45) is 0.678. The number of aliphatic hydroxyl groups is 1. The van der Waals surface area contributed by atoms with Crippen LogP contribution >= 0.6 is 0 Å². The molecule has 170 valence electrons. The van der Waals surface area contributed by atoms with Crippen LogP contribution in [0.2, 0.25) is 0 Å². The van der Waals surface area contributed by atoms with Gasteiger partial charge in [0.15, 0.2) is 0 Å². The first kappa shape index (κ1) is 23.5. The molecule has 1 fully saturated rings. The summed E-state index contributed by atoms with van der Waals surface area (Å²) in [5.74, 6) is -1.50. The van der Waals surface area contributed by atoms with E-state index in [1.807, 2.05) is 32.8 Å². The van der Waals surface area contributed by atoms with E-state index >= 15 is 0 Å². The Labute approximate surface area is 187 Å². The van der Waals surface area contributed by atoms with Gasteiger partial charge in [-0.3, -0.25) is 9.59 Å². The largest absolute Gasteiger partial charge is 0.507 e. The van der Waals surface area contributed by atoms with Gasteiger partial charge in [-0.05, 0) is 82.9 Å². The van der Waals surface area contributed by atoms with Crippen molar-refractivity contribution in [3.8, 4) is 5.75 Å². The van der Waals surface area contributed by atoms with Crippen molar-refractivity contribution in [3.63, 3.8) is 0 Å². The van der Waals surface area contributed by atoms with Crippen molar-refractivity contribution in [2.24, 2.45) is 0 Å². The SMILES string of the molecule is CC(C)Oc1ccc([C@@H]2/C(=C(\O)c3ccc(F)cc3)C(=O)C(=O)N2CCCN(C)C)cc1. The van der Waals surface area contributed by atoms with Gasteiger partial charge in [-0.15, -0.1) is 0 Å². The number of hydrogen-bond donors (Lipinski definition) is 1. The second-order valence-corrected chi connectivity index (χ2v) is 8.39. The fraction of sp³-hybridized carbons (Fsp3) is 0.360. The maximum atomic E-state index is 13.4. The summed E-state index contributed by atoms with van der Waals surface area (Å²) in [6, 6.07) is 11.6. The number of ketones is 1. The molecular formula is C25H29FN2O4. The van der Waals surface area contributed by atoms with Crippen molar-refractivity contribution in [1.82, 2.24) is 9.80 Å². The number of nitrogens with zero attached hydrogens (tertiary/aromatic N) is 2. The molecule has 1 atom stereocenters. The first-order valence-electron chi connectivity index (χ1n) is 10.6. The van der Waals surface area contributed by atoms with Gasteiger partial charge in [0.25, 0.3) is 11.7 Å². The van der Waals surface area contributed by atoms with Crippen LogP contribution < -0.4 is 4.74 Å². The molecule has 1 N–H and O–H groups in total. The van der Waals surface area contributed by atoms with Gasteiger partial charge in [0, 0.05) is 12.1 Å². The molecule has 2 aromatic rings. The smallest absolute Gasteiger partial charge is 0.295 e. The molecule has 0 aliphatic carbocycles. The average Bonchev–Trinajstić information content (AvgIpc) is 2.99. The van der Waals surface area contributed by atoms with E-state index in [0.717, 1.165) is 6.54 Å². The number of ether oxygens (including phenoxy) is 1. The van der Waals surface area contributed by atoms with E-state index < -0.39 is 23.5 Å². The molecular weight excluding hydrogens is 411 g/mol. The summed E-state index contributed by atoms with van der Waals surface area (Å²) in [5, 5.41) is 11.0. The molecule has 0 saturated carbocycles. The third-order valence-corrected chi connectivity index (χ3v) is 5.23. The van der Waals surface area contributed by atoms with Gasteiger partial charge in [-0.2, -0.15) is 0 Å². The first-order valence-corrected chi connectivity index (χ1v) is 10.6. The van der Waals surface area contributed by atoms with Crippen LogP contribution in [0.25, 0.3) is 5.76 Å². The predicted molar refractivity (Wildman–Crippen MR) is 121 cm³/mol. The van der Waals surface area contributed by atoms with Crippen LogP contribution in [0.3, 0.4) is 0 Å². The topological polar surface area (TPSA) is 70.1 Å². The minimum atomic E-state index is -0.746. The summed E-state index contributed by atoms with van der Waals surface area (Å²) in [5.41, 5.74) is 0.972. The summed E-state index contributed by atoms with van der Waals surface area (Å²) in [7, 11) is 3.88. The number of carbonyl (C=O) groups is 2. The Morgan fingerprint density at radius 2 is 1.72 bits per heavy atom. The van der Waals surface area contributed by atoms with Crippen molar-refractivity contribution in [3.05, 3.63) is 71.0 Å². The molecule has 0 bridgehead atoms. The molecule has 0 spiro atoms. The lowest BCUT2D eigenvalue weighted by atomic mass is 9.95.